The Hall–Kier alpha value is -5.28. The van der Waals surface area contributed by atoms with E-state index in [1.165, 1.54) is 24.0 Å². The first kappa shape index (κ1) is 53.3. The third-order valence-electron chi connectivity index (χ3n) is 11.5. The number of benzene rings is 1. The van der Waals surface area contributed by atoms with Gasteiger partial charge in [-0.05, 0) is 122 Å². The molecule has 2 aliphatic rings. The molecule has 2 aromatic rings. The maximum Gasteiger partial charge on any atom is 0.302 e. The number of esters is 1. The Labute approximate surface area is 387 Å². The summed E-state index contributed by atoms with van der Waals surface area (Å²) in [5, 5.41) is 29.6. The van der Waals surface area contributed by atoms with Crippen LogP contribution in [-0.4, -0.2) is 130 Å². The van der Waals surface area contributed by atoms with Gasteiger partial charge >= 0.3 is 5.97 Å². The van der Waals surface area contributed by atoms with Crippen molar-refractivity contribution in [3.05, 3.63) is 53.9 Å². The van der Waals surface area contributed by atoms with Gasteiger partial charge in [-0.3, -0.25) is 28.8 Å². The second-order valence-corrected chi connectivity index (χ2v) is 18.1. The van der Waals surface area contributed by atoms with Crippen LogP contribution in [0.3, 0.4) is 0 Å². The highest BCUT2D eigenvalue weighted by Gasteiger charge is 2.31. The molecule has 0 spiro atoms. The largest absolute Gasteiger partial charge is 0.461 e. The molecule has 1 fully saturated rings. The average molecular weight is 926 g/mol. The molecular formula is C46H71N9O11. The molecule has 20 nitrogen and oxygen atoms in total. The molecule has 1 aromatic carbocycles. The lowest BCUT2D eigenvalue weighted by Gasteiger charge is -2.31. The molecule has 2 atom stereocenters. The van der Waals surface area contributed by atoms with E-state index in [9.17, 15) is 33.9 Å². The molecule has 2 heterocycles. The zero-order valence-electron chi connectivity index (χ0n) is 39.2. The second kappa shape index (κ2) is 26.8. The molecule has 1 aromatic heterocycles. The molecule has 66 heavy (non-hydrogen) atoms. The van der Waals surface area contributed by atoms with Gasteiger partial charge in [0.2, 0.25) is 29.5 Å². The van der Waals surface area contributed by atoms with Gasteiger partial charge in [-0.1, -0.05) is 17.3 Å². The summed E-state index contributed by atoms with van der Waals surface area (Å²) in [7, 11) is 0. The van der Waals surface area contributed by atoms with Crippen LogP contribution in [0.25, 0.3) is 0 Å². The lowest BCUT2D eigenvalue weighted by molar-refractivity contribution is -0.142. The van der Waals surface area contributed by atoms with Crippen LogP contribution in [-0.2, 0) is 67.4 Å². The van der Waals surface area contributed by atoms with E-state index >= 15 is 0 Å². The number of anilines is 1. The third kappa shape index (κ3) is 19.7. The maximum absolute atomic E-state index is 13.1. The summed E-state index contributed by atoms with van der Waals surface area (Å²) in [6.45, 7) is 11.4. The SMILES string of the molecule is CC(=O)OCc1ccc(NC(=O)C(CCCCN)NC(=O)COCC(=O)NCCC(C)(C)OCCC(C)(C)OCCn2cc(CNC(=O)C3CCC(CN4C(=O)C=CC4O)CC3)nn2)cc1. The first-order valence-corrected chi connectivity index (χ1v) is 22.9. The number of ether oxygens (including phenoxy) is 4. The molecule has 0 bridgehead atoms. The van der Waals surface area contributed by atoms with Crippen LogP contribution in [0.4, 0.5) is 5.69 Å². The van der Waals surface area contributed by atoms with E-state index in [0.29, 0.717) is 82.9 Å². The summed E-state index contributed by atoms with van der Waals surface area (Å²) < 4.78 is 24.3. The van der Waals surface area contributed by atoms with E-state index in [2.05, 4.69) is 31.6 Å². The van der Waals surface area contributed by atoms with Gasteiger partial charge in [0, 0.05) is 37.7 Å². The summed E-state index contributed by atoms with van der Waals surface area (Å²) >= 11 is 0. The number of aromatic nitrogens is 3. The van der Waals surface area contributed by atoms with Crippen molar-refractivity contribution in [3.63, 3.8) is 0 Å². The molecule has 1 aliphatic carbocycles. The first-order valence-electron chi connectivity index (χ1n) is 22.9. The smallest absolute Gasteiger partial charge is 0.302 e. The zero-order chi connectivity index (χ0) is 48.1. The van der Waals surface area contributed by atoms with Crippen molar-refractivity contribution in [2.75, 3.05) is 51.4 Å². The summed E-state index contributed by atoms with van der Waals surface area (Å²) in [6, 6.07) is 5.97. The number of aliphatic hydroxyl groups excluding tert-OH is 1. The first-order chi connectivity index (χ1) is 31.4. The van der Waals surface area contributed by atoms with Gasteiger partial charge < -0.3 is 56.0 Å². The van der Waals surface area contributed by atoms with Gasteiger partial charge in [0.05, 0.1) is 43.7 Å². The number of unbranched alkanes of at least 4 members (excludes halogenated alkanes) is 1. The number of carbonyl (C=O) groups is 6. The zero-order valence-corrected chi connectivity index (χ0v) is 39.2. The monoisotopic (exact) mass is 926 g/mol. The molecule has 5 amide bonds. The maximum atomic E-state index is 13.1. The molecule has 2 unspecified atom stereocenters. The predicted molar refractivity (Wildman–Crippen MR) is 243 cm³/mol. The number of nitrogens with one attached hydrogen (secondary N) is 4. The van der Waals surface area contributed by atoms with E-state index in [-0.39, 0.29) is 43.4 Å². The standard InChI is InChI=1S/C46H71N9O11/c1-32(56)64-29-34-11-15-36(16-12-34)50-44(62)38(8-6-7-21-47)51-40(58)31-63-30-39(57)48-22-19-45(2,3)65-24-20-46(4,5)66-25-23-54-28-37(52-53-54)26-49-43(61)35-13-9-33(10-14-35)27-55-41(59)17-18-42(55)60/h11-12,15-18,28,33,35,38,41,59H,6-10,13-14,19-27,29-31,47H2,1-5H3,(H,48,57)(H,49,61)(H,50,62)(H,51,58). The Kier molecular flexibility index (Phi) is 21.6. The topological polar surface area (TPSA) is 268 Å². The van der Waals surface area contributed by atoms with Gasteiger partial charge in [-0.25, -0.2) is 4.68 Å². The number of amides is 5. The molecule has 366 valence electrons. The molecule has 0 radical (unpaired) electrons. The second-order valence-electron chi connectivity index (χ2n) is 18.1. The van der Waals surface area contributed by atoms with E-state index in [1.807, 2.05) is 27.7 Å². The molecule has 0 saturated heterocycles. The molecule has 1 saturated carbocycles. The fourth-order valence-corrected chi connectivity index (χ4v) is 7.45. The van der Waals surface area contributed by atoms with Gasteiger partial charge in [-0.15, -0.1) is 5.10 Å². The van der Waals surface area contributed by atoms with Crippen LogP contribution < -0.4 is 27.0 Å². The van der Waals surface area contributed by atoms with Crippen molar-refractivity contribution in [2.24, 2.45) is 17.6 Å². The van der Waals surface area contributed by atoms with E-state index < -0.39 is 53.8 Å². The minimum Gasteiger partial charge on any atom is -0.461 e. The van der Waals surface area contributed by atoms with Gasteiger partial charge in [0.15, 0.2) is 0 Å². The highest BCUT2D eigenvalue weighted by atomic mass is 16.5. The lowest BCUT2D eigenvalue weighted by Crippen LogP contribution is -2.45. The minimum atomic E-state index is -0.860. The van der Waals surface area contributed by atoms with E-state index in [0.717, 1.165) is 31.2 Å². The van der Waals surface area contributed by atoms with E-state index in [1.54, 1.807) is 35.1 Å². The van der Waals surface area contributed by atoms with Crippen molar-refractivity contribution >= 4 is 41.2 Å². The lowest BCUT2D eigenvalue weighted by atomic mass is 9.81. The van der Waals surface area contributed by atoms with Gasteiger partial charge in [-0.2, -0.15) is 0 Å². The van der Waals surface area contributed by atoms with Crippen molar-refractivity contribution < 1.29 is 52.8 Å². The summed E-state index contributed by atoms with van der Waals surface area (Å²) in [6.07, 6.45) is 9.72. The van der Waals surface area contributed by atoms with Crippen LogP contribution in [0.2, 0.25) is 0 Å². The third-order valence-corrected chi connectivity index (χ3v) is 11.5. The highest BCUT2D eigenvalue weighted by molar-refractivity contribution is 5.97. The van der Waals surface area contributed by atoms with E-state index in [4.69, 9.17) is 24.7 Å². The summed E-state index contributed by atoms with van der Waals surface area (Å²) in [4.78, 5) is 75.6. The Balaban J connectivity index is 1.04. The number of nitrogens with two attached hydrogens (primary N) is 1. The van der Waals surface area contributed by atoms with Crippen molar-refractivity contribution in [1.82, 2.24) is 35.8 Å². The highest BCUT2D eigenvalue weighted by Crippen LogP contribution is 2.30. The quantitative estimate of drug-likeness (QED) is 0.0505. The molecular weight excluding hydrogens is 855 g/mol. The van der Waals surface area contributed by atoms with Crippen LogP contribution in [0, 0.1) is 11.8 Å². The van der Waals surface area contributed by atoms with Crippen LogP contribution >= 0.6 is 0 Å². The van der Waals surface area contributed by atoms with Gasteiger partial charge in [0.1, 0.15) is 37.8 Å². The average Bonchev–Trinajstić information content (AvgIpc) is 3.86. The van der Waals surface area contributed by atoms with Gasteiger partial charge in [0.25, 0.3) is 0 Å². The fourth-order valence-electron chi connectivity index (χ4n) is 7.45. The molecule has 7 N–H and O–H groups in total. The number of carbonyl (C=O) groups excluding carboxylic acids is 6. The number of hydrogen-bond donors (Lipinski definition) is 6. The molecule has 4 rings (SSSR count). The Morgan fingerprint density at radius 1 is 0.924 bits per heavy atom. The minimum absolute atomic E-state index is 0.0168. The van der Waals surface area contributed by atoms with Crippen LogP contribution in [0.15, 0.2) is 42.6 Å². The predicted octanol–water partition coefficient (Wildman–Crippen LogP) is 2.24. The Morgan fingerprint density at radius 2 is 1.62 bits per heavy atom. The van der Waals surface area contributed by atoms with Crippen molar-refractivity contribution in [1.29, 1.82) is 0 Å². The van der Waals surface area contributed by atoms with Crippen LogP contribution in [0.1, 0.15) is 104 Å². The Bertz CT molecular complexity index is 1910. The number of rotatable bonds is 29. The summed E-state index contributed by atoms with van der Waals surface area (Å²) in [5.41, 5.74) is 6.52. The fraction of sp³-hybridized carbons (Fsp3) is 0.652. The Morgan fingerprint density at radius 3 is 2.30 bits per heavy atom. The number of nitrogens with zero attached hydrogens (tertiary/aromatic N) is 4. The van der Waals surface area contributed by atoms with Crippen LogP contribution in [0.5, 0.6) is 0 Å². The molecule has 1 aliphatic heterocycles. The normalized spacial score (nSPS) is 17.9. The summed E-state index contributed by atoms with van der Waals surface area (Å²) in [5.74, 6) is -1.76. The number of hydrogen-bond acceptors (Lipinski definition) is 14. The number of aliphatic hydroxyl groups is 1. The van der Waals surface area contributed by atoms with Crippen molar-refractivity contribution in [3.8, 4) is 0 Å². The molecule has 20 heteroatoms. The van der Waals surface area contributed by atoms with Crippen molar-refractivity contribution in [2.45, 2.75) is 136 Å².